The highest BCUT2D eigenvalue weighted by atomic mass is 16.2. The highest BCUT2D eigenvalue weighted by molar-refractivity contribution is 6.00. The summed E-state index contributed by atoms with van der Waals surface area (Å²) in [6, 6.07) is -0.173. The molecule has 1 saturated heterocycles. The Hall–Kier alpha value is -2.77. The van der Waals surface area contributed by atoms with E-state index < -0.39 is 0 Å². The molecule has 2 aliphatic heterocycles. The number of aromatic nitrogens is 4. The summed E-state index contributed by atoms with van der Waals surface area (Å²) in [5, 5.41) is 4.16. The maximum Gasteiger partial charge on any atom is 0.257 e. The summed E-state index contributed by atoms with van der Waals surface area (Å²) in [6.45, 7) is 3.41. The van der Waals surface area contributed by atoms with Crippen LogP contribution in [0.5, 0.6) is 0 Å². The van der Waals surface area contributed by atoms with E-state index in [4.69, 9.17) is 9.97 Å². The summed E-state index contributed by atoms with van der Waals surface area (Å²) in [7, 11) is 1.81. The molecule has 1 aliphatic carbocycles. The zero-order valence-corrected chi connectivity index (χ0v) is 19.1. The van der Waals surface area contributed by atoms with Crippen molar-refractivity contribution in [2.45, 2.75) is 70.8 Å². The van der Waals surface area contributed by atoms with Gasteiger partial charge >= 0.3 is 0 Å². The van der Waals surface area contributed by atoms with Crippen LogP contribution in [0.1, 0.15) is 84.8 Å². The first-order valence-electron chi connectivity index (χ1n) is 12.0. The minimum Gasteiger partial charge on any atom is -0.328 e. The molecule has 0 unspecified atom stereocenters. The monoisotopic (exact) mass is 436 g/mol. The standard InChI is InChI=1S/C24H32N6O2/c1-16-19-12-21(31)30(14-17-8-4-3-5-9-17)23(19)27-22(26-16)20-10-6-7-11-29(20)24(32)18-13-25-28(2)15-18/h13,15,17,20H,3-12,14H2,1-2H3/t20-/m0/s1. The summed E-state index contributed by atoms with van der Waals surface area (Å²) in [6.07, 6.45) is 12.8. The van der Waals surface area contributed by atoms with Gasteiger partial charge in [0.2, 0.25) is 5.91 Å². The summed E-state index contributed by atoms with van der Waals surface area (Å²) in [5.41, 5.74) is 2.41. The number of carbonyl (C=O) groups excluding carboxylic acids is 2. The maximum atomic E-state index is 13.2. The van der Waals surface area contributed by atoms with Crippen LogP contribution in [0.15, 0.2) is 12.4 Å². The van der Waals surface area contributed by atoms with Crippen LogP contribution in [0, 0.1) is 12.8 Å². The minimum atomic E-state index is -0.173. The molecule has 2 amide bonds. The van der Waals surface area contributed by atoms with Crippen molar-refractivity contribution in [1.29, 1.82) is 0 Å². The van der Waals surface area contributed by atoms with Crippen molar-refractivity contribution in [3.63, 3.8) is 0 Å². The molecule has 2 fully saturated rings. The first kappa shape index (κ1) is 21.1. The topological polar surface area (TPSA) is 84.2 Å². The number of carbonyl (C=O) groups is 2. The van der Waals surface area contributed by atoms with E-state index in [1.807, 2.05) is 23.8 Å². The summed E-state index contributed by atoms with van der Waals surface area (Å²) in [4.78, 5) is 39.7. The lowest BCUT2D eigenvalue weighted by atomic mass is 9.89. The van der Waals surface area contributed by atoms with Crippen LogP contribution in [-0.4, -0.2) is 49.6 Å². The van der Waals surface area contributed by atoms with Crippen LogP contribution in [-0.2, 0) is 18.3 Å². The lowest BCUT2D eigenvalue weighted by molar-refractivity contribution is -0.117. The summed E-state index contributed by atoms with van der Waals surface area (Å²) in [5.74, 6) is 2.10. The van der Waals surface area contributed by atoms with Gasteiger partial charge in [0, 0.05) is 37.6 Å². The van der Waals surface area contributed by atoms with Crippen molar-refractivity contribution in [1.82, 2.24) is 24.6 Å². The molecule has 32 heavy (non-hydrogen) atoms. The molecule has 0 N–H and O–H groups in total. The smallest absolute Gasteiger partial charge is 0.257 e. The summed E-state index contributed by atoms with van der Waals surface area (Å²) >= 11 is 0. The Bertz CT molecular complexity index is 1030. The molecule has 0 aromatic carbocycles. The lowest BCUT2D eigenvalue weighted by Crippen LogP contribution is -2.39. The van der Waals surface area contributed by atoms with Crippen LogP contribution in [0.25, 0.3) is 0 Å². The molecule has 3 aliphatic rings. The quantitative estimate of drug-likeness (QED) is 0.734. The number of aryl methyl sites for hydroxylation is 2. The Labute approximate surface area is 189 Å². The van der Waals surface area contributed by atoms with Crippen molar-refractivity contribution >= 4 is 17.6 Å². The van der Waals surface area contributed by atoms with E-state index >= 15 is 0 Å². The molecule has 2 aromatic rings. The average molecular weight is 437 g/mol. The van der Waals surface area contributed by atoms with Gasteiger partial charge < -0.3 is 4.90 Å². The molecule has 8 nitrogen and oxygen atoms in total. The lowest BCUT2D eigenvalue weighted by Gasteiger charge is -2.35. The van der Waals surface area contributed by atoms with Crippen molar-refractivity contribution in [3.8, 4) is 0 Å². The van der Waals surface area contributed by atoms with Gasteiger partial charge in [0.1, 0.15) is 5.82 Å². The number of likely N-dealkylation sites (tertiary alicyclic amines) is 1. The van der Waals surface area contributed by atoms with E-state index in [0.717, 1.165) is 42.9 Å². The third kappa shape index (κ3) is 3.91. The number of hydrogen-bond donors (Lipinski definition) is 0. The molecule has 8 heteroatoms. The third-order valence-electron chi connectivity index (χ3n) is 7.27. The largest absolute Gasteiger partial charge is 0.328 e. The van der Waals surface area contributed by atoms with E-state index in [2.05, 4.69) is 5.10 Å². The SMILES string of the molecule is Cc1nc([C@@H]2CCCCN2C(=O)c2cnn(C)c2)nc2c1CC(=O)N2CC1CCCCC1. The molecule has 0 bridgehead atoms. The van der Waals surface area contributed by atoms with E-state index in [1.54, 1.807) is 17.1 Å². The second-order valence-corrected chi connectivity index (χ2v) is 9.57. The highest BCUT2D eigenvalue weighted by Crippen LogP contribution is 2.36. The molecular weight excluding hydrogens is 404 g/mol. The Kier molecular flexibility index (Phi) is 5.69. The van der Waals surface area contributed by atoms with Gasteiger partial charge in [-0.25, -0.2) is 9.97 Å². The second-order valence-electron chi connectivity index (χ2n) is 9.57. The van der Waals surface area contributed by atoms with Gasteiger partial charge in [0.25, 0.3) is 5.91 Å². The molecule has 1 saturated carbocycles. The molecule has 1 atom stereocenters. The van der Waals surface area contributed by atoms with Crippen molar-refractivity contribution in [2.24, 2.45) is 13.0 Å². The second kappa shape index (κ2) is 8.64. The van der Waals surface area contributed by atoms with Gasteiger partial charge in [0.05, 0.1) is 24.2 Å². The van der Waals surface area contributed by atoms with Crippen LogP contribution in [0.2, 0.25) is 0 Å². The average Bonchev–Trinajstić information content (AvgIpc) is 3.38. The van der Waals surface area contributed by atoms with E-state index in [1.165, 1.54) is 32.1 Å². The predicted molar refractivity (Wildman–Crippen MR) is 120 cm³/mol. The fraction of sp³-hybridized carbons (Fsp3) is 0.625. The van der Waals surface area contributed by atoms with Crippen molar-refractivity contribution < 1.29 is 9.59 Å². The van der Waals surface area contributed by atoms with E-state index in [-0.39, 0.29) is 17.9 Å². The number of amides is 2. The van der Waals surface area contributed by atoms with Crippen molar-refractivity contribution in [2.75, 3.05) is 18.0 Å². The van der Waals surface area contributed by atoms with Crippen molar-refractivity contribution in [3.05, 3.63) is 35.0 Å². The molecular formula is C24H32N6O2. The molecule has 4 heterocycles. The number of piperidine rings is 1. The van der Waals surface area contributed by atoms with Crippen LogP contribution >= 0.6 is 0 Å². The van der Waals surface area contributed by atoms with Gasteiger partial charge in [-0.2, -0.15) is 5.10 Å². The normalized spacial score (nSPS) is 21.8. The number of hydrogen-bond acceptors (Lipinski definition) is 5. The first-order chi connectivity index (χ1) is 15.5. The molecule has 2 aromatic heterocycles. The first-order valence-corrected chi connectivity index (χ1v) is 12.0. The number of anilines is 1. The van der Waals surface area contributed by atoms with E-state index in [9.17, 15) is 9.59 Å². The van der Waals surface area contributed by atoms with Gasteiger partial charge in [-0.1, -0.05) is 19.3 Å². The number of fused-ring (bicyclic) bond motifs is 1. The predicted octanol–water partition coefficient (Wildman–Crippen LogP) is 3.36. The fourth-order valence-electron chi connectivity index (χ4n) is 5.50. The third-order valence-corrected chi connectivity index (χ3v) is 7.27. The summed E-state index contributed by atoms with van der Waals surface area (Å²) < 4.78 is 1.65. The molecule has 0 spiro atoms. The molecule has 170 valence electrons. The number of nitrogens with zero attached hydrogens (tertiary/aromatic N) is 6. The Morgan fingerprint density at radius 3 is 2.62 bits per heavy atom. The maximum absolute atomic E-state index is 13.2. The van der Waals surface area contributed by atoms with Gasteiger partial charge in [0.15, 0.2) is 5.82 Å². The minimum absolute atomic E-state index is 0.0281. The van der Waals surface area contributed by atoms with Crippen LogP contribution in [0.3, 0.4) is 0 Å². The van der Waals surface area contributed by atoms with Crippen LogP contribution < -0.4 is 4.90 Å². The Morgan fingerprint density at radius 1 is 1.09 bits per heavy atom. The van der Waals surface area contributed by atoms with E-state index in [0.29, 0.717) is 30.3 Å². The Balaban J connectivity index is 1.45. The molecule has 5 rings (SSSR count). The highest BCUT2D eigenvalue weighted by Gasteiger charge is 2.36. The molecule has 0 radical (unpaired) electrons. The van der Waals surface area contributed by atoms with Crippen LogP contribution in [0.4, 0.5) is 5.82 Å². The fourth-order valence-corrected chi connectivity index (χ4v) is 5.50. The van der Waals surface area contributed by atoms with Gasteiger partial charge in [-0.15, -0.1) is 0 Å². The zero-order valence-electron chi connectivity index (χ0n) is 19.1. The zero-order chi connectivity index (χ0) is 22.2. The Morgan fingerprint density at radius 2 is 1.88 bits per heavy atom. The number of rotatable bonds is 4. The van der Waals surface area contributed by atoms with Gasteiger partial charge in [-0.3, -0.25) is 19.2 Å². The van der Waals surface area contributed by atoms with Gasteiger partial charge in [-0.05, 0) is 44.9 Å².